The summed E-state index contributed by atoms with van der Waals surface area (Å²) in [6.07, 6.45) is 1.00. The van der Waals surface area contributed by atoms with Gasteiger partial charge >= 0.3 is 11.8 Å². The molecule has 1 fully saturated rings. The summed E-state index contributed by atoms with van der Waals surface area (Å²) in [5.41, 5.74) is 1.87. The summed E-state index contributed by atoms with van der Waals surface area (Å²) in [7, 11) is 0. The number of hydrogen-bond acceptors (Lipinski definition) is 4. The smallest absolute Gasteiger partial charge is 0.417 e. The number of piperazine rings is 1. The molecule has 0 unspecified atom stereocenters. The van der Waals surface area contributed by atoms with E-state index in [4.69, 9.17) is 21.1 Å². The number of nitrogens with one attached hydrogen (secondary N) is 1. The van der Waals surface area contributed by atoms with Crippen molar-refractivity contribution in [3.8, 4) is 0 Å². The Morgan fingerprint density at radius 2 is 2.09 bits per heavy atom. The summed E-state index contributed by atoms with van der Waals surface area (Å²) in [4.78, 5) is 28.1. The number of aromatic amines is 1. The lowest BCUT2D eigenvalue weighted by atomic mass is 10.2. The van der Waals surface area contributed by atoms with E-state index >= 15 is 0 Å². The topological polar surface area (TPSA) is 89.8 Å². The second kappa shape index (κ2) is 6.47. The number of oxazole rings is 1. The SMILES string of the molecule is O=C(O)N1CCN(CC=C(Cl)c2ccc3[nH]c(=O)oc3c2)CC1. The molecule has 7 nitrogen and oxygen atoms in total. The van der Waals surface area contributed by atoms with E-state index in [1.165, 1.54) is 4.90 Å². The maximum atomic E-state index is 11.2. The summed E-state index contributed by atoms with van der Waals surface area (Å²) in [6.45, 7) is 3.00. The summed E-state index contributed by atoms with van der Waals surface area (Å²) in [5.74, 6) is -0.492. The van der Waals surface area contributed by atoms with E-state index in [-0.39, 0.29) is 0 Å². The van der Waals surface area contributed by atoms with E-state index in [2.05, 4.69) is 9.88 Å². The lowest BCUT2D eigenvalue weighted by Crippen LogP contribution is -2.48. The molecule has 2 aromatic rings. The Morgan fingerprint density at radius 3 is 2.78 bits per heavy atom. The first kappa shape index (κ1) is 15.6. The van der Waals surface area contributed by atoms with Crippen LogP contribution in [0.15, 0.2) is 33.5 Å². The summed E-state index contributed by atoms with van der Waals surface area (Å²) in [5, 5.41) is 9.49. The first-order valence-corrected chi connectivity index (χ1v) is 7.60. The second-order valence-electron chi connectivity index (χ2n) is 5.35. The molecule has 2 heterocycles. The maximum absolute atomic E-state index is 11.2. The number of fused-ring (bicyclic) bond motifs is 1. The van der Waals surface area contributed by atoms with Crippen LogP contribution in [-0.2, 0) is 0 Å². The molecule has 0 bridgehead atoms. The molecule has 0 aliphatic carbocycles. The van der Waals surface area contributed by atoms with Crippen molar-refractivity contribution in [2.45, 2.75) is 0 Å². The third-order valence-corrected chi connectivity index (χ3v) is 4.24. The molecule has 1 aliphatic heterocycles. The van der Waals surface area contributed by atoms with Crippen molar-refractivity contribution < 1.29 is 14.3 Å². The van der Waals surface area contributed by atoms with E-state index in [0.29, 0.717) is 48.9 Å². The molecular formula is C15H16ClN3O4. The number of hydrogen-bond donors (Lipinski definition) is 2. The van der Waals surface area contributed by atoms with Crippen LogP contribution in [0.25, 0.3) is 16.1 Å². The number of nitrogens with zero attached hydrogens (tertiary/aromatic N) is 2. The van der Waals surface area contributed by atoms with Crippen molar-refractivity contribution in [2.75, 3.05) is 32.7 Å². The van der Waals surface area contributed by atoms with Gasteiger partial charge in [0, 0.05) is 37.8 Å². The van der Waals surface area contributed by atoms with Crippen LogP contribution in [0.5, 0.6) is 0 Å². The minimum atomic E-state index is -0.875. The highest BCUT2D eigenvalue weighted by Crippen LogP contribution is 2.22. The highest BCUT2D eigenvalue weighted by molar-refractivity contribution is 6.48. The molecule has 0 saturated carbocycles. The molecule has 1 aromatic carbocycles. The summed E-state index contributed by atoms with van der Waals surface area (Å²) < 4.78 is 5.02. The Balaban J connectivity index is 1.65. The number of carboxylic acid groups (broad SMARTS) is 1. The van der Waals surface area contributed by atoms with Gasteiger partial charge in [-0.25, -0.2) is 9.59 Å². The average molecular weight is 338 g/mol. The van der Waals surface area contributed by atoms with Crippen molar-refractivity contribution >= 4 is 33.8 Å². The zero-order valence-electron chi connectivity index (χ0n) is 12.3. The van der Waals surface area contributed by atoms with Crippen molar-refractivity contribution in [3.05, 3.63) is 40.4 Å². The van der Waals surface area contributed by atoms with Crippen LogP contribution in [0.3, 0.4) is 0 Å². The molecule has 1 aliphatic rings. The van der Waals surface area contributed by atoms with Crippen LogP contribution in [0, 0.1) is 0 Å². The minimum absolute atomic E-state index is 0.467. The molecule has 3 rings (SSSR count). The Kier molecular flexibility index (Phi) is 4.40. The van der Waals surface area contributed by atoms with Gasteiger partial charge in [-0.1, -0.05) is 23.7 Å². The van der Waals surface area contributed by atoms with Crippen LogP contribution in [0.4, 0.5) is 4.79 Å². The van der Waals surface area contributed by atoms with E-state index < -0.39 is 11.8 Å². The molecule has 1 saturated heterocycles. The molecular weight excluding hydrogens is 322 g/mol. The first-order valence-electron chi connectivity index (χ1n) is 7.22. The largest absolute Gasteiger partial charge is 0.465 e. The van der Waals surface area contributed by atoms with Crippen molar-refractivity contribution in [1.29, 1.82) is 0 Å². The molecule has 23 heavy (non-hydrogen) atoms. The van der Waals surface area contributed by atoms with Crippen LogP contribution >= 0.6 is 11.6 Å². The van der Waals surface area contributed by atoms with Crippen molar-refractivity contribution in [1.82, 2.24) is 14.8 Å². The van der Waals surface area contributed by atoms with Gasteiger partial charge in [0.05, 0.1) is 5.52 Å². The molecule has 0 atom stereocenters. The van der Waals surface area contributed by atoms with Crippen LogP contribution in [0.1, 0.15) is 5.56 Å². The fourth-order valence-electron chi connectivity index (χ4n) is 2.54. The van der Waals surface area contributed by atoms with Gasteiger partial charge < -0.3 is 14.4 Å². The predicted molar refractivity (Wildman–Crippen MR) is 86.7 cm³/mol. The normalized spacial score (nSPS) is 16.9. The van der Waals surface area contributed by atoms with Gasteiger partial charge in [0.15, 0.2) is 5.58 Å². The van der Waals surface area contributed by atoms with E-state index in [1.807, 2.05) is 12.1 Å². The number of benzene rings is 1. The summed E-state index contributed by atoms with van der Waals surface area (Å²) in [6, 6.07) is 5.28. The van der Waals surface area contributed by atoms with E-state index in [1.54, 1.807) is 12.1 Å². The van der Waals surface area contributed by atoms with Crippen molar-refractivity contribution in [3.63, 3.8) is 0 Å². The first-order chi connectivity index (χ1) is 11.0. The molecule has 2 N–H and O–H groups in total. The second-order valence-corrected chi connectivity index (χ2v) is 5.75. The van der Waals surface area contributed by atoms with Crippen LogP contribution in [-0.4, -0.2) is 58.7 Å². The standard InChI is InChI=1S/C15H16ClN3O4/c16-11(3-4-18-5-7-19(8-6-18)15(21)22)10-1-2-12-13(9-10)23-14(20)17-12/h1-3,9H,4-8H2,(H,17,20)(H,21,22). The molecule has 0 spiro atoms. The van der Waals surface area contributed by atoms with Gasteiger partial charge in [0.1, 0.15) is 0 Å². The Bertz CT molecular complexity index is 802. The third-order valence-electron chi connectivity index (χ3n) is 3.87. The van der Waals surface area contributed by atoms with E-state index in [9.17, 15) is 9.59 Å². The van der Waals surface area contributed by atoms with Crippen molar-refractivity contribution in [2.24, 2.45) is 0 Å². The van der Waals surface area contributed by atoms with Gasteiger partial charge in [-0.05, 0) is 17.7 Å². The Labute approximate surface area is 136 Å². The molecule has 1 aromatic heterocycles. The van der Waals surface area contributed by atoms with Crippen LogP contribution < -0.4 is 5.76 Å². The quantitative estimate of drug-likeness (QED) is 0.894. The van der Waals surface area contributed by atoms with Gasteiger partial charge in [-0.3, -0.25) is 9.88 Å². The number of rotatable bonds is 3. The third kappa shape index (κ3) is 3.57. The lowest BCUT2D eigenvalue weighted by molar-refractivity contribution is 0.110. The van der Waals surface area contributed by atoms with E-state index in [0.717, 1.165) is 5.56 Å². The zero-order valence-corrected chi connectivity index (χ0v) is 13.0. The minimum Gasteiger partial charge on any atom is -0.465 e. The Hall–Kier alpha value is -2.25. The number of H-pyrrole nitrogens is 1. The fraction of sp³-hybridized carbons (Fsp3) is 0.333. The monoisotopic (exact) mass is 337 g/mol. The fourth-order valence-corrected chi connectivity index (χ4v) is 2.73. The van der Waals surface area contributed by atoms with Gasteiger partial charge in [0.25, 0.3) is 0 Å². The number of halogens is 1. The maximum Gasteiger partial charge on any atom is 0.417 e. The number of aromatic nitrogens is 1. The van der Waals surface area contributed by atoms with Crippen LogP contribution in [0.2, 0.25) is 0 Å². The molecule has 122 valence electrons. The molecule has 0 radical (unpaired) electrons. The summed E-state index contributed by atoms with van der Waals surface area (Å²) >= 11 is 6.31. The average Bonchev–Trinajstić information content (AvgIpc) is 2.92. The predicted octanol–water partition coefficient (Wildman–Crippen LogP) is 2.00. The molecule has 8 heteroatoms. The number of amides is 1. The lowest BCUT2D eigenvalue weighted by Gasteiger charge is -2.32. The highest BCUT2D eigenvalue weighted by Gasteiger charge is 2.19. The van der Waals surface area contributed by atoms with Gasteiger partial charge in [-0.2, -0.15) is 0 Å². The zero-order chi connectivity index (χ0) is 16.4. The van der Waals surface area contributed by atoms with Gasteiger partial charge in [-0.15, -0.1) is 0 Å². The number of carbonyl (C=O) groups is 1. The molecule has 1 amide bonds. The highest BCUT2D eigenvalue weighted by atomic mass is 35.5. The van der Waals surface area contributed by atoms with Gasteiger partial charge in [0.2, 0.25) is 0 Å². The Morgan fingerprint density at radius 1 is 1.35 bits per heavy atom.